The molecule has 1 aliphatic rings. The molecule has 0 aromatic heterocycles. The fourth-order valence-electron chi connectivity index (χ4n) is 2.48. The number of carbonyl (C=O) groups excluding carboxylic acids is 1. The molecule has 146 valence electrons. The first kappa shape index (κ1) is 23.4. The molecule has 0 aromatic rings. The molecule has 25 heavy (non-hydrogen) atoms. The molecule has 0 radical (unpaired) electrons. The Morgan fingerprint density at radius 3 is 1.40 bits per heavy atom. The second-order valence-electron chi connectivity index (χ2n) is 5.90. The van der Waals surface area contributed by atoms with Crippen molar-refractivity contribution in [3.05, 3.63) is 0 Å². The van der Waals surface area contributed by atoms with Crippen molar-refractivity contribution in [1.82, 2.24) is 19.6 Å². The van der Waals surface area contributed by atoms with Crippen LogP contribution in [-0.2, 0) is 14.4 Å². The molecule has 0 unspecified atom stereocenters. The molecule has 0 aliphatic carbocycles. The van der Waals surface area contributed by atoms with Crippen LogP contribution < -0.4 is 0 Å². The van der Waals surface area contributed by atoms with E-state index in [1.165, 1.54) is 0 Å². The molecule has 1 rings (SSSR count). The Bertz CT molecular complexity index is 366. The fraction of sp³-hybridized carbons (Fsp3) is 0.800. The Labute approximate surface area is 148 Å². The summed E-state index contributed by atoms with van der Waals surface area (Å²) in [6.07, 6.45) is 0. The molecule has 1 aliphatic heterocycles. The van der Waals surface area contributed by atoms with Crippen molar-refractivity contribution in [2.75, 3.05) is 79.2 Å². The van der Waals surface area contributed by atoms with Gasteiger partial charge in [-0.05, 0) is 7.05 Å². The number of rotatable bonds is 5. The van der Waals surface area contributed by atoms with E-state index in [4.69, 9.17) is 15.0 Å². The monoisotopic (exact) mass is 362 g/mol. The number of hydrogen-bond acceptors (Lipinski definition) is 8. The first-order chi connectivity index (χ1) is 11.9. The number of hydrogen-bond donors (Lipinski definition) is 3. The summed E-state index contributed by atoms with van der Waals surface area (Å²) in [6.45, 7) is 6.74. The normalized spacial score (nSPS) is 19.9. The summed E-state index contributed by atoms with van der Waals surface area (Å²) < 4.78 is 0. The minimum absolute atomic E-state index is 0.0156. The van der Waals surface area contributed by atoms with Crippen LogP contribution in [0.5, 0.6) is 0 Å². The summed E-state index contributed by atoms with van der Waals surface area (Å²) in [7, 11) is 1.95. The summed E-state index contributed by atoms with van der Waals surface area (Å²) in [5.41, 5.74) is 0. The largest absolute Gasteiger partial charge is 0.480 e. The lowest BCUT2D eigenvalue weighted by Gasteiger charge is -2.31. The predicted octanol–water partition coefficient (Wildman–Crippen LogP) is -2.23. The lowest BCUT2D eigenvalue weighted by atomic mass is 10.3. The summed E-state index contributed by atoms with van der Waals surface area (Å²) in [6, 6.07) is 0. The van der Waals surface area contributed by atoms with Crippen LogP contribution in [-0.4, -0.2) is 133 Å². The quantitative estimate of drug-likeness (QED) is 0.495. The number of aliphatic carboxylic acids is 2. The van der Waals surface area contributed by atoms with E-state index in [0.29, 0.717) is 52.4 Å². The van der Waals surface area contributed by atoms with Crippen molar-refractivity contribution in [3.8, 4) is 0 Å². The minimum atomic E-state index is -0.858. The van der Waals surface area contributed by atoms with Crippen LogP contribution in [0.3, 0.4) is 0 Å². The van der Waals surface area contributed by atoms with E-state index in [0.717, 1.165) is 0 Å². The van der Waals surface area contributed by atoms with Gasteiger partial charge in [-0.2, -0.15) is 0 Å². The molecule has 0 saturated carbocycles. The number of nitrogens with zero attached hydrogens (tertiary/aromatic N) is 4. The van der Waals surface area contributed by atoms with Gasteiger partial charge in [0.1, 0.15) is 6.79 Å². The van der Waals surface area contributed by atoms with Gasteiger partial charge in [0.25, 0.3) is 0 Å². The summed E-state index contributed by atoms with van der Waals surface area (Å²) >= 11 is 0. The van der Waals surface area contributed by atoms with Crippen molar-refractivity contribution >= 4 is 18.7 Å². The summed E-state index contributed by atoms with van der Waals surface area (Å²) in [4.78, 5) is 37.5. The topological polar surface area (TPSA) is 125 Å². The van der Waals surface area contributed by atoms with Crippen LogP contribution in [0.4, 0.5) is 0 Å². The third-order valence-electron chi connectivity index (χ3n) is 3.98. The lowest BCUT2D eigenvalue weighted by Crippen LogP contribution is -2.47. The van der Waals surface area contributed by atoms with Crippen molar-refractivity contribution in [1.29, 1.82) is 0 Å². The van der Waals surface area contributed by atoms with Gasteiger partial charge in [-0.1, -0.05) is 0 Å². The maximum atomic E-state index is 10.9. The molecular weight excluding hydrogens is 332 g/mol. The van der Waals surface area contributed by atoms with Gasteiger partial charge in [-0.25, -0.2) is 0 Å². The van der Waals surface area contributed by atoms with E-state index in [1.54, 1.807) is 4.90 Å². The summed E-state index contributed by atoms with van der Waals surface area (Å²) in [5, 5.41) is 27.4. The lowest BCUT2D eigenvalue weighted by molar-refractivity contribution is -0.139. The molecule has 1 fully saturated rings. The average molecular weight is 362 g/mol. The van der Waals surface area contributed by atoms with E-state index in [-0.39, 0.29) is 19.8 Å². The van der Waals surface area contributed by atoms with Gasteiger partial charge in [0.15, 0.2) is 0 Å². The smallest absolute Gasteiger partial charge is 0.317 e. The maximum absolute atomic E-state index is 10.9. The van der Waals surface area contributed by atoms with Crippen LogP contribution in [0.1, 0.15) is 0 Å². The maximum Gasteiger partial charge on any atom is 0.317 e. The SMILES string of the molecule is C=O.CN1CCN(CC(=O)O)CCN(CO)CCN(CC(=O)O)CC1. The fourth-order valence-corrected chi connectivity index (χ4v) is 2.48. The van der Waals surface area contributed by atoms with Gasteiger partial charge < -0.3 is 25.0 Å². The zero-order valence-corrected chi connectivity index (χ0v) is 14.8. The number of aliphatic hydroxyl groups is 1. The molecule has 10 nitrogen and oxygen atoms in total. The van der Waals surface area contributed by atoms with Crippen LogP contribution in [0, 0.1) is 0 Å². The second-order valence-corrected chi connectivity index (χ2v) is 5.90. The van der Waals surface area contributed by atoms with Crippen molar-refractivity contribution < 1.29 is 29.7 Å². The van der Waals surface area contributed by atoms with Crippen molar-refractivity contribution in [2.45, 2.75) is 0 Å². The van der Waals surface area contributed by atoms with Crippen molar-refractivity contribution in [3.63, 3.8) is 0 Å². The molecule has 1 saturated heterocycles. The van der Waals surface area contributed by atoms with Gasteiger partial charge in [0.2, 0.25) is 0 Å². The minimum Gasteiger partial charge on any atom is -0.480 e. The Morgan fingerprint density at radius 1 is 0.760 bits per heavy atom. The molecule has 3 N–H and O–H groups in total. The zero-order valence-electron chi connectivity index (χ0n) is 14.8. The third-order valence-corrected chi connectivity index (χ3v) is 3.98. The molecule has 10 heteroatoms. The van der Waals surface area contributed by atoms with Crippen molar-refractivity contribution in [2.24, 2.45) is 0 Å². The molecule has 0 spiro atoms. The molecular formula is C15H30N4O6. The van der Waals surface area contributed by atoms with Crippen LogP contribution in [0.25, 0.3) is 0 Å². The number of carbonyl (C=O) groups is 3. The molecule has 0 bridgehead atoms. The number of likely N-dealkylation sites (N-methyl/N-ethyl adjacent to an activating group) is 1. The van der Waals surface area contributed by atoms with E-state index < -0.39 is 11.9 Å². The highest BCUT2D eigenvalue weighted by Gasteiger charge is 2.17. The van der Waals surface area contributed by atoms with Gasteiger partial charge in [-0.3, -0.25) is 24.3 Å². The van der Waals surface area contributed by atoms with E-state index in [9.17, 15) is 14.7 Å². The highest BCUT2D eigenvalue weighted by Crippen LogP contribution is 1.99. The van der Waals surface area contributed by atoms with Gasteiger partial charge in [0, 0.05) is 52.4 Å². The highest BCUT2D eigenvalue weighted by atomic mass is 16.4. The third kappa shape index (κ3) is 11.6. The van der Waals surface area contributed by atoms with Gasteiger partial charge >= 0.3 is 11.9 Å². The van der Waals surface area contributed by atoms with Gasteiger partial charge in [0.05, 0.1) is 19.8 Å². The number of carboxylic acid groups (broad SMARTS) is 2. The number of aliphatic hydroxyl groups excluding tert-OH is 1. The molecule has 0 aromatic carbocycles. The Balaban J connectivity index is 0.00000277. The standard InChI is InChI=1S/C14H28N4O5.CH2O/c1-15-2-4-16(10-13(20)21)6-8-18(12-19)9-7-17(5-3-15)11-14(22)23;1-2/h19H,2-12H2,1H3,(H,20,21)(H,22,23);1H2. The summed E-state index contributed by atoms with van der Waals surface area (Å²) in [5.74, 6) is -1.72. The van der Waals surface area contributed by atoms with Crippen LogP contribution in [0.2, 0.25) is 0 Å². The van der Waals surface area contributed by atoms with E-state index in [2.05, 4.69) is 4.90 Å². The van der Waals surface area contributed by atoms with Gasteiger partial charge in [-0.15, -0.1) is 0 Å². The van der Waals surface area contributed by atoms with E-state index in [1.807, 2.05) is 23.6 Å². The molecule has 1 heterocycles. The second kappa shape index (κ2) is 13.7. The molecule has 0 atom stereocenters. The van der Waals surface area contributed by atoms with E-state index >= 15 is 0 Å². The molecule has 0 amide bonds. The first-order valence-electron chi connectivity index (χ1n) is 8.09. The van der Waals surface area contributed by atoms with Crippen LogP contribution >= 0.6 is 0 Å². The predicted molar refractivity (Wildman–Crippen MR) is 91.4 cm³/mol. The average Bonchev–Trinajstić information content (AvgIpc) is 2.56. The Morgan fingerprint density at radius 2 is 1.08 bits per heavy atom. The first-order valence-corrected chi connectivity index (χ1v) is 8.09. The Kier molecular flexibility index (Phi) is 12.8. The Hall–Kier alpha value is -1.59. The number of carboxylic acids is 2. The zero-order chi connectivity index (χ0) is 19.2. The van der Waals surface area contributed by atoms with Crippen LogP contribution in [0.15, 0.2) is 0 Å². The highest BCUT2D eigenvalue weighted by molar-refractivity contribution is 5.69.